The number of benzene rings is 1. The van der Waals surface area contributed by atoms with Gasteiger partial charge in [-0.05, 0) is 51.2 Å². The molecule has 0 heterocycles. The number of hydrogen-bond donors (Lipinski definition) is 1. The van der Waals surface area contributed by atoms with Gasteiger partial charge in [-0.25, -0.2) is 0 Å². The Hall–Kier alpha value is -0.770. The summed E-state index contributed by atoms with van der Waals surface area (Å²) in [5.41, 5.74) is 6.68. The van der Waals surface area contributed by atoms with Crippen LogP contribution in [0.15, 0.2) is 18.2 Å². The highest BCUT2D eigenvalue weighted by molar-refractivity contribution is 6.32. The van der Waals surface area contributed by atoms with Crippen LogP contribution in [0.4, 0.5) is 0 Å². The van der Waals surface area contributed by atoms with Gasteiger partial charge in [0.15, 0.2) is 0 Å². The highest BCUT2D eigenvalue weighted by Gasteiger charge is 2.04. The van der Waals surface area contributed by atoms with E-state index in [1.165, 1.54) is 5.56 Å². The number of ether oxygens (including phenoxy) is 1. The maximum Gasteiger partial charge on any atom is 0.137 e. The maximum absolute atomic E-state index is 6.13. The van der Waals surface area contributed by atoms with Gasteiger partial charge in [0.05, 0.1) is 11.6 Å². The normalized spacial score (nSPS) is 10.9. The SMILES string of the molecule is CCOc1ccc(CN(C)CCCN)cc1Cl. The average molecular weight is 257 g/mol. The van der Waals surface area contributed by atoms with Crippen LogP contribution in [0.25, 0.3) is 0 Å². The van der Waals surface area contributed by atoms with Crippen molar-refractivity contribution in [2.45, 2.75) is 19.9 Å². The van der Waals surface area contributed by atoms with Gasteiger partial charge in [0, 0.05) is 6.54 Å². The second-order valence-corrected chi connectivity index (χ2v) is 4.48. The minimum absolute atomic E-state index is 0.634. The van der Waals surface area contributed by atoms with Crippen LogP contribution < -0.4 is 10.5 Å². The molecule has 17 heavy (non-hydrogen) atoms. The van der Waals surface area contributed by atoms with Crippen LogP contribution in [-0.2, 0) is 6.54 Å². The first-order valence-corrected chi connectivity index (χ1v) is 6.35. The van der Waals surface area contributed by atoms with E-state index in [0.29, 0.717) is 11.6 Å². The Bertz CT molecular complexity index is 344. The number of nitrogens with zero attached hydrogens (tertiary/aromatic N) is 1. The molecule has 2 N–H and O–H groups in total. The molecule has 0 amide bonds. The zero-order valence-electron chi connectivity index (χ0n) is 10.6. The summed E-state index contributed by atoms with van der Waals surface area (Å²) < 4.78 is 5.40. The van der Waals surface area contributed by atoms with Crippen molar-refractivity contribution in [1.82, 2.24) is 4.90 Å². The number of nitrogens with two attached hydrogens (primary N) is 1. The molecule has 96 valence electrons. The first-order chi connectivity index (χ1) is 8.17. The molecule has 0 aliphatic carbocycles. The average Bonchev–Trinajstić information content (AvgIpc) is 2.30. The highest BCUT2D eigenvalue weighted by atomic mass is 35.5. The molecule has 0 atom stereocenters. The summed E-state index contributed by atoms with van der Waals surface area (Å²) in [6.45, 7) is 5.20. The fourth-order valence-electron chi connectivity index (χ4n) is 1.67. The van der Waals surface area contributed by atoms with E-state index in [2.05, 4.69) is 18.0 Å². The van der Waals surface area contributed by atoms with Gasteiger partial charge in [0.1, 0.15) is 5.75 Å². The monoisotopic (exact) mass is 256 g/mol. The third kappa shape index (κ3) is 4.94. The van der Waals surface area contributed by atoms with Crippen molar-refractivity contribution in [3.63, 3.8) is 0 Å². The summed E-state index contributed by atoms with van der Waals surface area (Å²) in [5.74, 6) is 0.752. The smallest absolute Gasteiger partial charge is 0.137 e. The molecule has 0 bridgehead atoms. The van der Waals surface area contributed by atoms with Crippen LogP contribution in [0, 0.1) is 0 Å². The standard InChI is InChI=1S/C13H21ClN2O/c1-3-17-13-6-5-11(9-12(13)14)10-16(2)8-4-7-15/h5-6,9H,3-4,7-8,10,15H2,1-2H3. The highest BCUT2D eigenvalue weighted by Crippen LogP contribution is 2.25. The molecule has 4 heteroatoms. The van der Waals surface area contributed by atoms with Crippen LogP contribution >= 0.6 is 11.6 Å². The molecule has 0 unspecified atom stereocenters. The summed E-state index contributed by atoms with van der Waals surface area (Å²) in [4.78, 5) is 2.23. The minimum atomic E-state index is 0.634. The molecule has 0 radical (unpaired) electrons. The molecule has 0 aromatic heterocycles. The third-order valence-electron chi connectivity index (χ3n) is 2.49. The molecule has 1 rings (SSSR count). The van der Waals surface area contributed by atoms with E-state index in [9.17, 15) is 0 Å². The minimum Gasteiger partial charge on any atom is -0.492 e. The lowest BCUT2D eigenvalue weighted by molar-refractivity contribution is 0.323. The number of halogens is 1. The summed E-state index contributed by atoms with van der Waals surface area (Å²) in [6.07, 6.45) is 1.02. The topological polar surface area (TPSA) is 38.5 Å². The maximum atomic E-state index is 6.13. The quantitative estimate of drug-likeness (QED) is 0.815. The van der Waals surface area contributed by atoms with Gasteiger partial charge in [0.2, 0.25) is 0 Å². The molecule has 0 fully saturated rings. The van der Waals surface area contributed by atoms with Crippen molar-refractivity contribution < 1.29 is 4.74 Å². The van der Waals surface area contributed by atoms with Crippen molar-refractivity contribution >= 4 is 11.6 Å². The van der Waals surface area contributed by atoms with Gasteiger partial charge in [-0.15, -0.1) is 0 Å². The van der Waals surface area contributed by atoms with Crippen LogP contribution in [0.2, 0.25) is 5.02 Å². The Balaban J connectivity index is 2.57. The van der Waals surface area contributed by atoms with Crippen molar-refractivity contribution in [2.75, 3.05) is 26.7 Å². The third-order valence-corrected chi connectivity index (χ3v) is 2.79. The first kappa shape index (κ1) is 14.3. The largest absolute Gasteiger partial charge is 0.492 e. The molecule has 1 aromatic rings. The lowest BCUT2D eigenvalue weighted by Gasteiger charge is -2.16. The van der Waals surface area contributed by atoms with Crippen LogP contribution in [0.3, 0.4) is 0 Å². The molecule has 0 spiro atoms. The van der Waals surface area contributed by atoms with E-state index in [0.717, 1.165) is 31.8 Å². The number of hydrogen-bond acceptors (Lipinski definition) is 3. The van der Waals surface area contributed by atoms with Crippen molar-refractivity contribution in [3.05, 3.63) is 28.8 Å². The molecule has 0 saturated carbocycles. The first-order valence-electron chi connectivity index (χ1n) is 5.97. The molecule has 1 aromatic carbocycles. The van der Waals surface area contributed by atoms with Gasteiger partial charge >= 0.3 is 0 Å². The predicted molar refractivity (Wildman–Crippen MR) is 72.6 cm³/mol. The second-order valence-electron chi connectivity index (χ2n) is 4.08. The van der Waals surface area contributed by atoms with Crippen molar-refractivity contribution in [2.24, 2.45) is 5.73 Å². The Kier molecular flexibility index (Phi) is 6.34. The summed E-state index contributed by atoms with van der Waals surface area (Å²) in [5, 5.41) is 0.677. The Morgan fingerprint density at radius 2 is 2.18 bits per heavy atom. The van der Waals surface area contributed by atoms with Gasteiger partial charge in [-0.1, -0.05) is 17.7 Å². The molecule has 0 aliphatic rings. The fraction of sp³-hybridized carbons (Fsp3) is 0.538. The Labute approximate surface area is 109 Å². The Morgan fingerprint density at radius 3 is 2.76 bits per heavy atom. The van der Waals surface area contributed by atoms with Gasteiger partial charge < -0.3 is 15.4 Å². The molecular weight excluding hydrogens is 236 g/mol. The van der Waals surface area contributed by atoms with E-state index >= 15 is 0 Å². The van der Waals surface area contributed by atoms with E-state index in [-0.39, 0.29) is 0 Å². The van der Waals surface area contributed by atoms with E-state index in [1.54, 1.807) is 0 Å². The summed E-state index contributed by atoms with van der Waals surface area (Å²) in [6, 6.07) is 5.94. The summed E-state index contributed by atoms with van der Waals surface area (Å²) >= 11 is 6.13. The lowest BCUT2D eigenvalue weighted by atomic mass is 10.2. The zero-order valence-corrected chi connectivity index (χ0v) is 11.3. The molecule has 0 saturated heterocycles. The van der Waals surface area contributed by atoms with Gasteiger partial charge in [0.25, 0.3) is 0 Å². The molecule has 3 nitrogen and oxygen atoms in total. The number of rotatable bonds is 7. The zero-order chi connectivity index (χ0) is 12.7. The summed E-state index contributed by atoms with van der Waals surface area (Å²) in [7, 11) is 2.08. The van der Waals surface area contributed by atoms with Crippen LogP contribution in [0.1, 0.15) is 18.9 Å². The predicted octanol–water partition coefficient (Wildman–Crippen LogP) is 2.52. The van der Waals surface area contributed by atoms with Crippen LogP contribution in [0.5, 0.6) is 5.75 Å². The van der Waals surface area contributed by atoms with Gasteiger partial charge in [-0.2, -0.15) is 0 Å². The molecular formula is C13H21ClN2O. The Morgan fingerprint density at radius 1 is 1.41 bits per heavy atom. The fourth-order valence-corrected chi connectivity index (χ4v) is 1.92. The van der Waals surface area contributed by atoms with E-state index < -0.39 is 0 Å². The van der Waals surface area contributed by atoms with Crippen molar-refractivity contribution in [1.29, 1.82) is 0 Å². The van der Waals surface area contributed by atoms with Gasteiger partial charge in [-0.3, -0.25) is 0 Å². The van der Waals surface area contributed by atoms with Crippen molar-refractivity contribution in [3.8, 4) is 5.75 Å². The van der Waals surface area contributed by atoms with E-state index in [4.69, 9.17) is 22.1 Å². The second kappa shape index (κ2) is 7.54. The molecule has 0 aliphatic heterocycles. The van der Waals surface area contributed by atoms with Crippen LogP contribution in [-0.4, -0.2) is 31.6 Å². The lowest BCUT2D eigenvalue weighted by Crippen LogP contribution is -2.21. The van der Waals surface area contributed by atoms with E-state index in [1.807, 2.05) is 19.1 Å².